The number of rotatable bonds is 7. The molecule has 4 heteroatoms. The lowest BCUT2D eigenvalue weighted by molar-refractivity contribution is 0.567. The van der Waals surface area contributed by atoms with E-state index in [0.29, 0.717) is 6.04 Å². The topological polar surface area (TPSA) is 24.9 Å². The fourth-order valence-corrected chi connectivity index (χ4v) is 3.83. The highest BCUT2D eigenvalue weighted by Gasteiger charge is 2.03. The Kier molecular flexibility index (Phi) is 5.47. The lowest BCUT2D eigenvalue weighted by atomic mass is 10.3. The Morgan fingerprint density at radius 1 is 1.28 bits per heavy atom. The molecule has 1 aromatic carbocycles. The van der Waals surface area contributed by atoms with Gasteiger partial charge < -0.3 is 5.32 Å². The van der Waals surface area contributed by atoms with E-state index in [9.17, 15) is 0 Å². The molecule has 0 aliphatic rings. The summed E-state index contributed by atoms with van der Waals surface area (Å²) in [6, 6.07) is 8.95. The molecule has 2 aromatic rings. The van der Waals surface area contributed by atoms with Gasteiger partial charge >= 0.3 is 0 Å². The molecule has 0 unspecified atom stereocenters. The van der Waals surface area contributed by atoms with Gasteiger partial charge in [-0.1, -0.05) is 37.7 Å². The van der Waals surface area contributed by atoms with Crippen molar-refractivity contribution in [3.05, 3.63) is 24.3 Å². The molecule has 0 bridgehead atoms. The molecule has 18 heavy (non-hydrogen) atoms. The minimum atomic E-state index is 0.599. The smallest absolute Gasteiger partial charge is 0.151 e. The highest BCUT2D eigenvalue weighted by atomic mass is 32.2. The number of thiazole rings is 1. The molecule has 0 fully saturated rings. The molecule has 2 nitrogen and oxygen atoms in total. The molecule has 0 saturated heterocycles. The number of hydrogen-bond donors (Lipinski definition) is 1. The zero-order chi connectivity index (χ0) is 12.8. The van der Waals surface area contributed by atoms with Crippen molar-refractivity contribution in [2.45, 2.75) is 37.1 Å². The number of fused-ring (bicyclic) bond motifs is 1. The standard InChI is InChI=1S/C14H20N2S2/c1-11(2)15-9-5-6-10-17-14-16-12-7-3-4-8-13(12)18-14/h3-4,7-8,11,15H,5-6,9-10H2,1-2H3. The van der Waals surface area contributed by atoms with Crippen molar-refractivity contribution >= 4 is 33.3 Å². The van der Waals surface area contributed by atoms with Gasteiger partial charge in [-0.2, -0.15) is 0 Å². The van der Waals surface area contributed by atoms with E-state index in [-0.39, 0.29) is 0 Å². The minimum absolute atomic E-state index is 0.599. The molecule has 1 aromatic heterocycles. The van der Waals surface area contributed by atoms with Gasteiger partial charge in [0.2, 0.25) is 0 Å². The van der Waals surface area contributed by atoms with Gasteiger partial charge in [-0.3, -0.25) is 0 Å². The maximum Gasteiger partial charge on any atom is 0.151 e. The predicted octanol–water partition coefficient (Wildman–Crippen LogP) is 4.17. The van der Waals surface area contributed by atoms with Crippen molar-refractivity contribution in [2.24, 2.45) is 0 Å². The lowest BCUT2D eigenvalue weighted by Crippen LogP contribution is -2.23. The van der Waals surface area contributed by atoms with Gasteiger partial charge in [-0.15, -0.1) is 11.3 Å². The second-order valence-electron chi connectivity index (χ2n) is 4.61. The summed E-state index contributed by atoms with van der Waals surface area (Å²) in [4.78, 5) is 4.62. The summed E-state index contributed by atoms with van der Waals surface area (Å²) in [5, 5.41) is 3.44. The highest BCUT2D eigenvalue weighted by molar-refractivity contribution is 8.01. The summed E-state index contributed by atoms with van der Waals surface area (Å²) in [5.41, 5.74) is 1.13. The molecule has 0 spiro atoms. The van der Waals surface area contributed by atoms with Crippen LogP contribution in [0, 0.1) is 0 Å². The van der Waals surface area contributed by atoms with Crippen molar-refractivity contribution in [3.63, 3.8) is 0 Å². The zero-order valence-electron chi connectivity index (χ0n) is 11.0. The van der Waals surface area contributed by atoms with E-state index < -0.39 is 0 Å². The molecule has 0 atom stereocenters. The summed E-state index contributed by atoms with van der Waals surface area (Å²) in [6.07, 6.45) is 2.50. The first-order valence-corrected chi connectivity index (χ1v) is 8.27. The Labute approximate surface area is 117 Å². The Bertz CT molecular complexity index is 446. The van der Waals surface area contributed by atoms with E-state index in [1.165, 1.54) is 27.6 Å². The molecule has 1 heterocycles. The zero-order valence-corrected chi connectivity index (χ0v) is 12.6. The molecule has 98 valence electrons. The van der Waals surface area contributed by atoms with Crippen LogP contribution < -0.4 is 5.32 Å². The van der Waals surface area contributed by atoms with Gasteiger partial charge in [0, 0.05) is 11.8 Å². The molecule has 1 N–H and O–H groups in total. The van der Waals surface area contributed by atoms with Gasteiger partial charge in [0.25, 0.3) is 0 Å². The van der Waals surface area contributed by atoms with Crippen LogP contribution in [0.4, 0.5) is 0 Å². The van der Waals surface area contributed by atoms with Crippen molar-refractivity contribution in [3.8, 4) is 0 Å². The summed E-state index contributed by atoms with van der Waals surface area (Å²) >= 11 is 3.69. The first kappa shape index (κ1) is 13.8. The van der Waals surface area contributed by atoms with Crippen LogP contribution in [-0.2, 0) is 0 Å². The largest absolute Gasteiger partial charge is 0.315 e. The number of thioether (sulfide) groups is 1. The number of benzene rings is 1. The van der Waals surface area contributed by atoms with E-state index in [4.69, 9.17) is 0 Å². The van der Waals surface area contributed by atoms with Crippen LogP contribution >= 0.6 is 23.1 Å². The molecule has 0 saturated carbocycles. The number of para-hydroxylation sites is 1. The Hall–Kier alpha value is -0.580. The Balaban J connectivity index is 1.70. The van der Waals surface area contributed by atoms with Crippen LogP contribution in [0.15, 0.2) is 28.6 Å². The normalized spacial score (nSPS) is 11.5. The third-order valence-corrected chi connectivity index (χ3v) is 4.89. The predicted molar refractivity (Wildman–Crippen MR) is 82.7 cm³/mol. The van der Waals surface area contributed by atoms with Crippen LogP contribution in [0.25, 0.3) is 10.2 Å². The van der Waals surface area contributed by atoms with Gasteiger partial charge in [-0.05, 0) is 31.5 Å². The third-order valence-electron chi connectivity index (χ3n) is 2.62. The first-order valence-electron chi connectivity index (χ1n) is 6.47. The molecule has 0 radical (unpaired) electrons. The SMILES string of the molecule is CC(C)NCCCCSc1nc2ccccc2s1. The van der Waals surface area contributed by atoms with Crippen LogP contribution in [0.3, 0.4) is 0 Å². The van der Waals surface area contributed by atoms with Crippen molar-refractivity contribution in [2.75, 3.05) is 12.3 Å². The Morgan fingerprint density at radius 3 is 2.89 bits per heavy atom. The summed E-state index contributed by atoms with van der Waals surface area (Å²) in [5.74, 6) is 1.17. The van der Waals surface area contributed by atoms with Crippen LogP contribution in [0.1, 0.15) is 26.7 Å². The number of nitrogens with zero attached hydrogens (tertiary/aromatic N) is 1. The number of aromatic nitrogens is 1. The lowest BCUT2D eigenvalue weighted by Gasteiger charge is -2.06. The molecule has 0 aliphatic heterocycles. The van der Waals surface area contributed by atoms with E-state index in [0.717, 1.165) is 12.1 Å². The Morgan fingerprint density at radius 2 is 2.11 bits per heavy atom. The molecule has 0 aliphatic carbocycles. The number of unbranched alkanes of at least 4 members (excludes halogenated alkanes) is 1. The average Bonchev–Trinajstić information content (AvgIpc) is 2.75. The number of hydrogen-bond acceptors (Lipinski definition) is 4. The fourth-order valence-electron chi connectivity index (χ4n) is 1.69. The third kappa shape index (κ3) is 4.26. The first-order chi connectivity index (χ1) is 8.75. The maximum atomic E-state index is 4.62. The van der Waals surface area contributed by atoms with Crippen molar-refractivity contribution in [1.82, 2.24) is 10.3 Å². The van der Waals surface area contributed by atoms with Gasteiger partial charge in [-0.25, -0.2) is 4.98 Å². The van der Waals surface area contributed by atoms with Crippen LogP contribution in [0.2, 0.25) is 0 Å². The highest BCUT2D eigenvalue weighted by Crippen LogP contribution is 2.29. The van der Waals surface area contributed by atoms with Gasteiger partial charge in [0.1, 0.15) is 0 Å². The van der Waals surface area contributed by atoms with Crippen molar-refractivity contribution < 1.29 is 0 Å². The van der Waals surface area contributed by atoms with Crippen molar-refractivity contribution in [1.29, 1.82) is 0 Å². The van der Waals surface area contributed by atoms with E-state index in [1.54, 1.807) is 11.3 Å². The second kappa shape index (κ2) is 7.12. The monoisotopic (exact) mass is 280 g/mol. The van der Waals surface area contributed by atoms with E-state index in [2.05, 4.69) is 42.3 Å². The van der Waals surface area contributed by atoms with Gasteiger partial charge in [0.15, 0.2) is 4.34 Å². The minimum Gasteiger partial charge on any atom is -0.315 e. The summed E-state index contributed by atoms with van der Waals surface area (Å²) in [7, 11) is 0. The van der Waals surface area contributed by atoms with Gasteiger partial charge in [0.05, 0.1) is 10.2 Å². The molecule has 2 rings (SSSR count). The quantitative estimate of drug-likeness (QED) is 0.609. The second-order valence-corrected chi connectivity index (χ2v) is 6.98. The molecule has 0 amide bonds. The summed E-state index contributed by atoms with van der Waals surface area (Å²) < 4.78 is 2.49. The maximum absolute atomic E-state index is 4.62. The van der Waals surface area contributed by atoms with Crippen LogP contribution in [-0.4, -0.2) is 23.3 Å². The average molecular weight is 280 g/mol. The van der Waals surface area contributed by atoms with E-state index in [1.807, 2.05) is 17.8 Å². The number of nitrogens with one attached hydrogen (secondary N) is 1. The van der Waals surface area contributed by atoms with E-state index >= 15 is 0 Å². The summed E-state index contributed by atoms with van der Waals surface area (Å²) in [6.45, 7) is 5.50. The molecular weight excluding hydrogens is 260 g/mol. The van der Waals surface area contributed by atoms with Crippen LogP contribution in [0.5, 0.6) is 0 Å². The fraction of sp³-hybridized carbons (Fsp3) is 0.500. The molecular formula is C14H20N2S2.